The molecule has 0 unspecified atom stereocenters. The Bertz CT molecular complexity index is 529. The molecule has 0 aliphatic heterocycles. The van der Waals surface area contributed by atoms with Gasteiger partial charge in [0.05, 0.1) is 7.11 Å². The number of nitrogens with zero attached hydrogens (tertiary/aromatic N) is 2. The molecule has 0 bridgehead atoms. The van der Waals surface area contributed by atoms with Crippen molar-refractivity contribution in [1.29, 1.82) is 0 Å². The molecule has 2 rings (SSSR count). The Morgan fingerprint density at radius 3 is 2.71 bits per heavy atom. The number of aromatic nitrogens is 2. The van der Waals surface area contributed by atoms with Crippen molar-refractivity contribution in [3.8, 4) is 17.4 Å². The average Bonchev–Trinajstić information content (AvgIpc) is 2.32. The number of hydrogen-bond acceptors (Lipinski definition) is 5. The van der Waals surface area contributed by atoms with Crippen LogP contribution in [0.25, 0.3) is 0 Å². The van der Waals surface area contributed by atoms with Crippen LogP contribution in [0.15, 0.2) is 30.6 Å². The molecule has 0 fully saturated rings. The first-order valence-corrected chi connectivity index (χ1v) is 5.09. The number of ether oxygens (including phenoxy) is 2. The minimum absolute atomic E-state index is 0.370. The van der Waals surface area contributed by atoms with Gasteiger partial charge in [-0.3, -0.25) is 0 Å². The summed E-state index contributed by atoms with van der Waals surface area (Å²) in [6.07, 6.45) is 1.36. The standard InChI is InChI=1S/C12H13N3O2/c1-8-3-4-9(5-10(8)16-2)17-12-6-11(13)14-7-15-12/h3-7H,1-2H3,(H2,13,14,15). The fourth-order valence-corrected chi connectivity index (χ4v) is 1.39. The van der Waals surface area contributed by atoms with E-state index in [1.54, 1.807) is 19.2 Å². The first-order chi connectivity index (χ1) is 8.19. The number of nitrogen functional groups attached to an aromatic ring is 1. The molecule has 5 nitrogen and oxygen atoms in total. The van der Waals surface area contributed by atoms with Crippen molar-refractivity contribution in [3.63, 3.8) is 0 Å². The van der Waals surface area contributed by atoms with Gasteiger partial charge in [-0.05, 0) is 18.6 Å². The Morgan fingerprint density at radius 1 is 1.18 bits per heavy atom. The topological polar surface area (TPSA) is 70.3 Å². The van der Waals surface area contributed by atoms with Gasteiger partial charge in [0.15, 0.2) is 0 Å². The third kappa shape index (κ3) is 2.63. The van der Waals surface area contributed by atoms with Gasteiger partial charge in [0.25, 0.3) is 0 Å². The largest absolute Gasteiger partial charge is 0.496 e. The van der Waals surface area contributed by atoms with Gasteiger partial charge in [-0.25, -0.2) is 9.97 Å². The second-order valence-electron chi connectivity index (χ2n) is 3.51. The Morgan fingerprint density at radius 2 is 2.00 bits per heavy atom. The predicted octanol–water partition coefficient (Wildman–Crippen LogP) is 2.17. The minimum Gasteiger partial charge on any atom is -0.496 e. The van der Waals surface area contributed by atoms with Gasteiger partial charge in [0.1, 0.15) is 23.6 Å². The van der Waals surface area contributed by atoms with Crippen LogP contribution in [0.1, 0.15) is 5.56 Å². The number of nitrogens with two attached hydrogens (primary N) is 1. The van der Waals surface area contributed by atoms with E-state index in [9.17, 15) is 0 Å². The van der Waals surface area contributed by atoms with Gasteiger partial charge >= 0.3 is 0 Å². The van der Waals surface area contributed by atoms with E-state index < -0.39 is 0 Å². The third-order valence-corrected chi connectivity index (χ3v) is 2.27. The highest BCUT2D eigenvalue weighted by Crippen LogP contribution is 2.27. The molecule has 0 spiro atoms. The molecule has 88 valence electrons. The van der Waals surface area contributed by atoms with E-state index in [2.05, 4.69) is 9.97 Å². The summed E-state index contributed by atoms with van der Waals surface area (Å²) in [5.41, 5.74) is 6.58. The van der Waals surface area contributed by atoms with E-state index in [0.717, 1.165) is 11.3 Å². The van der Waals surface area contributed by atoms with Crippen LogP contribution >= 0.6 is 0 Å². The highest BCUT2D eigenvalue weighted by molar-refractivity contribution is 5.42. The lowest BCUT2D eigenvalue weighted by Gasteiger charge is -2.08. The quantitative estimate of drug-likeness (QED) is 0.876. The highest BCUT2D eigenvalue weighted by atomic mass is 16.5. The molecular formula is C12H13N3O2. The van der Waals surface area contributed by atoms with Crippen LogP contribution in [0.3, 0.4) is 0 Å². The van der Waals surface area contributed by atoms with Gasteiger partial charge in [-0.1, -0.05) is 6.07 Å². The smallest absolute Gasteiger partial charge is 0.224 e. The zero-order chi connectivity index (χ0) is 12.3. The summed E-state index contributed by atoms with van der Waals surface area (Å²) in [4.78, 5) is 7.75. The zero-order valence-corrected chi connectivity index (χ0v) is 9.68. The van der Waals surface area contributed by atoms with Gasteiger partial charge in [0.2, 0.25) is 5.88 Å². The van der Waals surface area contributed by atoms with E-state index >= 15 is 0 Å². The summed E-state index contributed by atoms with van der Waals surface area (Å²) < 4.78 is 10.8. The number of benzene rings is 1. The maximum absolute atomic E-state index is 5.55. The average molecular weight is 231 g/mol. The Hall–Kier alpha value is -2.30. The van der Waals surface area contributed by atoms with E-state index in [0.29, 0.717) is 17.4 Å². The van der Waals surface area contributed by atoms with Crippen LogP contribution in [-0.2, 0) is 0 Å². The van der Waals surface area contributed by atoms with Crippen LogP contribution in [-0.4, -0.2) is 17.1 Å². The molecule has 2 aromatic rings. The molecule has 1 aromatic carbocycles. The van der Waals surface area contributed by atoms with Crippen molar-refractivity contribution in [2.45, 2.75) is 6.92 Å². The van der Waals surface area contributed by atoms with Gasteiger partial charge in [0, 0.05) is 12.1 Å². The number of rotatable bonds is 3. The molecule has 0 saturated carbocycles. The van der Waals surface area contributed by atoms with E-state index in [-0.39, 0.29) is 0 Å². The van der Waals surface area contributed by atoms with Crippen molar-refractivity contribution >= 4 is 5.82 Å². The molecular weight excluding hydrogens is 218 g/mol. The molecule has 0 aliphatic rings. The van der Waals surface area contributed by atoms with Crippen molar-refractivity contribution in [3.05, 3.63) is 36.2 Å². The van der Waals surface area contributed by atoms with Crippen LogP contribution in [0.2, 0.25) is 0 Å². The SMILES string of the molecule is COc1cc(Oc2cc(N)ncn2)ccc1C. The Balaban J connectivity index is 2.24. The maximum atomic E-state index is 5.55. The number of hydrogen-bond donors (Lipinski definition) is 1. The first kappa shape index (κ1) is 11.2. The number of methoxy groups -OCH3 is 1. The summed E-state index contributed by atoms with van der Waals surface area (Å²) in [6, 6.07) is 7.12. The predicted molar refractivity (Wildman–Crippen MR) is 64.2 cm³/mol. The van der Waals surface area contributed by atoms with Crippen molar-refractivity contribution in [2.24, 2.45) is 0 Å². The van der Waals surface area contributed by atoms with Gasteiger partial charge < -0.3 is 15.2 Å². The van der Waals surface area contributed by atoms with Crippen molar-refractivity contribution in [2.75, 3.05) is 12.8 Å². The highest BCUT2D eigenvalue weighted by Gasteiger charge is 2.03. The van der Waals surface area contributed by atoms with Crippen LogP contribution < -0.4 is 15.2 Å². The van der Waals surface area contributed by atoms with Crippen molar-refractivity contribution in [1.82, 2.24) is 9.97 Å². The lowest BCUT2D eigenvalue weighted by atomic mass is 10.2. The summed E-state index contributed by atoms with van der Waals surface area (Å²) in [7, 11) is 1.62. The molecule has 1 heterocycles. The van der Waals surface area contributed by atoms with E-state index in [4.69, 9.17) is 15.2 Å². The minimum atomic E-state index is 0.370. The van der Waals surface area contributed by atoms with Crippen LogP contribution in [0.5, 0.6) is 17.4 Å². The summed E-state index contributed by atoms with van der Waals surface area (Å²) in [5.74, 6) is 2.19. The molecule has 0 radical (unpaired) electrons. The lowest BCUT2D eigenvalue weighted by molar-refractivity contribution is 0.404. The van der Waals surface area contributed by atoms with Crippen LogP contribution in [0.4, 0.5) is 5.82 Å². The zero-order valence-electron chi connectivity index (χ0n) is 9.68. The molecule has 5 heteroatoms. The normalized spacial score (nSPS) is 10.0. The molecule has 2 N–H and O–H groups in total. The number of anilines is 1. The second-order valence-corrected chi connectivity index (χ2v) is 3.51. The first-order valence-electron chi connectivity index (χ1n) is 5.09. The van der Waals surface area contributed by atoms with E-state index in [1.807, 2.05) is 19.1 Å². The summed E-state index contributed by atoms with van der Waals surface area (Å²) >= 11 is 0. The molecule has 0 amide bonds. The van der Waals surface area contributed by atoms with E-state index in [1.165, 1.54) is 6.33 Å². The van der Waals surface area contributed by atoms with Gasteiger partial charge in [-0.15, -0.1) is 0 Å². The maximum Gasteiger partial charge on any atom is 0.224 e. The Kier molecular flexibility index (Phi) is 3.09. The Labute approximate surface area is 99.2 Å². The van der Waals surface area contributed by atoms with Gasteiger partial charge in [-0.2, -0.15) is 0 Å². The molecule has 1 aromatic heterocycles. The second kappa shape index (κ2) is 4.69. The fourth-order valence-electron chi connectivity index (χ4n) is 1.39. The lowest BCUT2D eigenvalue weighted by Crippen LogP contribution is -1.94. The van der Waals surface area contributed by atoms with Crippen molar-refractivity contribution < 1.29 is 9.47 Å². The monoisotopic (exact) mass is 231 g/mol. The van der Waals surface area contributed by atoms with Crippen LogP contribution in [0, 0.1) is 6.92 Å². The number of aryl methyl sites for hydroxylation is 1. The summed E-state index contributed by atoms with van der Waals surface area (Å²) in [6.45, 7) is 1.96. The molecule has 0 saturated heterocycles. The summed E-state index contributed by atoms with van der Waals surface area (Å²) in [5, 5.41) is 0. The third-order valence-electron chi connectivity index (χ3n) is 2.27. The fraction of sp³-hybridized carbons (Fsp3) is 0.167. The molecule has 17 heavy (non-hydrogen) atoms. The molecule has 0 aliphatic carbocycles. The molecule has 0 atom stereocenters.